The predicted molar refractivity (Wildman–Crippen MR) is 86.6 cm³/mol. The fourth-order valence-electron chi connectivity index (χ4n) is 2.39. The highest BCUT2D eigenvalue weighted by Gasteiger charge is 2.40. The Morgan fingerprint density at radius 3 is 2.68 bits per heavy atom. The lowest BCUT2D eigenvalue weighted by Crippen LogP contribution is -2.19. The van der Waals surface area contributed by atoms with Gasteiger partial charge >= 0.3 is 16.6 Å². The van der Waals surface area contributed by atoms with Crippen LogP contribution in [0.2, 0.25) is 0 Å². The van der Waals surface area contributed by atoms with E-state index in [1.165, 1.54) is 12.3 Å². The molecular formula is C17H14F3NO3S. The minimum absolute atomic E-state index is 0.0704. The zero-order valence-corrected chi connectivity index (χ0v) is 13.8. The van der Waals surface area contributed by atoms with Crippen LogP contribution in [0.15, 0.2) is 48.7 Å². The molecule has 8 heteroatoms. The topological polar surface area (TPSA) is 48.4 Å². The molecule has 0 fully saturated rings. The molecule has 2 aromatic rings. The Hall–Kier alpha value is -2.35. The SMILES string of the molecule is O=S(OC1=CCCc2cc(OCc3ccccc3)ncc21)C(F)(F)F. The number of pyridine rings is 1. The van der Waals surface area contributed by atoms with Gasteiger partial charge < -0.3 is 8.92 Å². The van der Waals surface area contributed by atoms with Crippen LogP contribution in [0.25, 0.3) is 5.76 Å². The van der Waals surface area contributed by atoms with Crippen LogP contribution in [0.4, 0.5) is 13.2 Å². The lowest BCUT2D eigenvalue weighted by atomic mass is 9.98. The highest BCUT2D eigenvalue weighted by molar-refractivity contribution is 7.81. The lowest BCUT2D eigenvalue weighted by Gasteiger charge is -2.18. The lowest BCUT2D eigenvalue weighted by molar-refractivity contribution is -0.0445. The van der Waals surface area contributed by atoms with E-state index >= 15 is 0 Å². The number of fused-ring (bicyclic) bond motifs is 1. The first-order valence-electron chi connectivity index (χ1n) is 7.46. The molecule has 0 radical (unpaired) electrons. The summed E-state index contributed by atoms with van der Waals surface area (Å²) in [5.74, 6) is 0.305. The molecule has 3 rings (SSSR count). The van der Waals surface area contributed by atoms with E-state index in [1.807, 2.05) is 30.3 Å². The molecule has 0 N–H and O–H groups in total. The van der Waals surface area contributed by atoms with Crippen molar-refractivity contribution in [2.75, 3.05) is 0 Å². The zero-order valence-electron chi connectivity index (χ0n) is 13.0. The third-order valence-corrected chi connectivity index (χ3v) is 4.27. The van der Waals surface area contributed by atoms with E-state index < -0.39 is 16.6 Å². The highest BCUT2D eigenvalue weighted by atomic mass is 32.2. The standard InChI is InChI=1S/C17H14F3NO3S/c18-17(19,20)25(22)24-15-8-4-7-13-9-16(21-10-14(13)15)23-11-12-5-2-1-3-6-12/h1-3,5-6,8-10H,4,7,11H2. The van der Waals surface area contributed by atoms with Gasteiger partial charge in [-0.3, -0.25) is 0 Å². The van der Waals surface area contributed by atoms with Gasteiger partial charge in [0, 0.05) is 17.8 Å². The molecule has 0 amide bonds. The summed E-state index contributed by atoms with van der Waals surface area (Å²) in [5.41, 5.74) is -2.80. The molecule has 132 valence electrons. The summed E-state index contributed by atoms with van der Waals surface area (Å²) in [6, 6.07) is 11.2. The summed E-state index contributed by atoms with van der Waals surface area (Å²) in [7, 11) is 0. The molecule has 1 unspecified atom stereocenters. The van der Waals surface area contributed by atoms with Crippen molar-refractivity contribution in [3.8, 4) is 5.88 Å². The Labute approximate surface area is 145 Å². The Balaban J connectivity index is 1.72. The van der Waals surface area contributed by atoms with Gasteiger partial charge in [-0.15, -0.1) is 0 Å². The average Bonchev–Trinajstić information content (AvgIpc) is 2.60. The molecule has 25 heavy (non-hydrogen) atoms. The number of benzene rings is 1. The molecule has 0 bridgehead atoms. The van der Waals surface area contributed by atoms with Crippen LogP contribution >= 0.6 is 0 Å². The van der Waals surface area contributed by atoms with E-state index in [0.717, 1.165) is 11.1 Å². The van der Waals surface area contributed by atoms with Crippen molar-refractivity contribution in [3.05, 3.63) is 65.4 Å². The number of ether oxygens (including phenoxy) is 1. The Morgan fingerprint density at radius 1 is 1.20 bits per heavy atom. The Morgan fingerprint density at radius 2 is 1.96 bits per heavy atom. The number of alkyl halides is 3. The molecule has 1 aromatic carbocycles. The first-order valence-corrected chi connectivity index (χ1v) is 8.54. The number of rotatable bonds is 5. The minimum Gasteiger partial charge on any atom is -0.473 e. The maximum absolute atomic E-state index is 12.4. The highest BCUT2D eigenvalue weighted by Crippen LogP contribution is 2.32. The van der Waals surface area contributed by atoms with Gasteiger partial charge in [-0.05, 0) is 30.0 Å². The molecule has 1 aliphatic rings. The molecule has 0 saturated heterocycles. The zero-order chi connectivity index (χ0) is 17.9. The number of halogens is 3. The van der Waals surface area contributed by atoms with Crippen LogP contribution in [0.3, 0.4) is 0 Å². The summed E-state index contributed by atoms with van der Waals surface area (Å²) in [5, 5.41) is 0. The predicted octanol–water partition coefficient (Wildman–Crippen LogP) is 4.15. The quantitative estimate of drug-likeness (QED) is 0.795. The van der Waals surface area contributed by atoms with Gasteiger partial charge in [0.05, 0.1) is 0 Å². The third kappa shape index (κ3) is 4.39. The van der Waals surface area contributed by atoms with E-state index in [1.54, 1.807) is 6.07 Å². The average molecular weight is 369 g/mol. The van der Waals surface area contributed by atoms with Gasteiger partial charge in [0.15, 0.2) is 0 Å². The third-order valence-electron chi connectivity index (χ3n) is 3.56. The summed E-state index contributed by atoms with van der Waals surface area (Å²) in [4.78, 5) is 4.10. The van der Waals surface area contributed by atoms with E-state index in [2.05, 4.69) is 9.17 Å². The van der Waals surface area contributed by atoms with E-state index in [-0.39, 0.29) is 5.76 Å². The molecule has 1 atom stereocenters. The number of hydrogen-bond donors (Lipinski definition) is 0. The molecule has 0 spiro atoms. The maximum atomic E-state index is 12.4. The summed E-state index contributed by atoms with van der Waals surface area (Å²) in [6.45, 7) is 0.337. The van der Waals surface area contributed by atoms with Gasteiger partial charge in [0.25, 0.3) is 0 Å². The monoisotopic (exact) mass is 369 g/mol. The van der Waals surface area contributed by atoms with Crippen molar-refractivity contribution in [1.82, 2.24) is 4.98 Å². The van der Waals surface area contributed by atoms with Crippen LogP contribution in [0, 0.1) is 0 Å². The van der Waals surface area contributed by atoms with E-state index in [9.17, 15) is 17.4 Å². The summed E-state index contributed by atoms with van der Waals surface area (Å²) in [6.07, 6.45) is 3.97. The number of hydrogen-bond acceptors (Lipinski definition) is 4. The number of nitrogens with zero attached hydrogens (tertiary/aromatic N) is 1. The summed E-state index contributed by atoms with van der Waals surface area (Å²) >= 11 is -3.40. The molecule has 1 aromatic heterocycles. The molecule has 4 nitrogen and oxygen atoms in total. The maximum Gasteiger partial charge on any atom is 0.508 e. The molecule has 0 saturated carbocycles. The van der Waals surface area contributed by atoms with E-state index in [0.29, 0.717) is 30.9 Å². The minimum atomic E-state index is -4.93. The van der Waals surface area contributed by atoms with Crippen LogP contribution in [-0.4, -0.2) is 14.7 Å². The number of allylic oxidation sites excluding steroid dienone is 1. The second-order valence-electron chi connectivity index (χ2n) is 5.32. The Bertz CT molecular complexity index is 807. The molecule has 1 heterocycles. The van der Waals surface area contributed by atoms with Crippen LogP contribution < -0.4 is 4.74 Å². The van der Waals surface area contributed by atoms with Gasteiger partial charge in [0.1, 0.15) is 12.4 Å². The van der Waals surface area contributed by atoms with Crippen LogP contribution in [-0.2, 0) is 28.3 Å². The largest absolute Gasteiger partial charge is 0.508 e. The fourth-order valence-corrected chi connectivity index (χ4v) is 2.81. The smallest absolute Gasteiger partial charge is 0.473 e. The first kappa shape index (κ1) is 17.5. The van der Waals surface area contributed by atoms with Gasteiger partial charge in [-0.2, -0.15) is 13.2 Å². The van der Waals surface area contributed by atoms with Gasteiger partial charge in [0.2, 0.25) is 5.88 Å². The van der Waals surface area contributed by atoms with Gasteiger partial charge in [-0.1, -0.05) is 30.3 Å². The van der Waals surface area contributed by atoms with Crippen molar-refractivity contribution in [3.63, 3.8) is 0 Å². The van der Waals surface area contributed by atoms with Gasteiger partial charge in [-0.25, -0.2) is 9.19 Å². The van der Waals surface area contributed by atoms with Crippen molar-refractivity contribution in [2.24, 2.45) is 0 Å². The first-order chi connectivity index (χ1) is 11.9. The van der Waals surface area contributed by atoms with Crippen LogP contribution in [0.5, 0.6) is 5.88 Å². The van der Waals surface area contributed by atoms with Crippen molar-refractivity contribution in [1.29, 1.82) is 0 Å². The normalized spacial score (nSPS) is 15.1. The second-order valence-corrected chi connectivity index (χ2v) is 6.42. The Kier molecular flexibility index (Phi) is 5.08. The fraction of sp³-hybridized carbons (Fsp3) is 0.235. The second kappa shape index (κ2) is 7.26. The molecule has 1 aliphatic carbocycles. The number of aryl methyl sites for hydroxylation is 1. The van der Waals surface area contributed by atoms with E-state index in [4.69, 9.17) is 4.74 Å². The summed E-state index contributed by atoms with van der Waals surface area (Å²) < 4.78 is 58.6. The van der Waals surface area contributed by atoms with Crippen molar-refractivity contribution >= 4 is 16.8 Å². The molecular weight excluding hydrogens is 355 g/mol. The number of aromatic nitrogens is 1. The van der Waals surface area contributed by atoms with Crippen LogP contribution in [0.1, 0.15) is 23.1 Å². The van der Waals surface area contributed by atoms with Crippen molar-refractivity contribution < 1.29 is 26.3 Å². The molecule has 0 aliphatic heterocycles. The van der Waals surface area contributed by atoms with Crippen molar-refractivity contribution in [2.45, 2.75) is 25.0 Å².